The molecule has 0 saturated heterocycles. The lowest BCUT2D eigenvalue weighted by atomic mass is 10.1. The lowest BCUT2D eigenvalue weighted by molar-refractivity contribution is 0.467. The van der Waals surface area contributed by atoms with Crippen molar-refractivity contribution in [2.45, 2.75) is 31.8 Å². The lowest BCUT2D eigenvalue weighted by Crippen LogP contribution is -2.31. The van der Waals surface area contributed by atoms with Crippen LogP contribution in [0.1, 0.15) is 29.7 Å². The highest BCUT2D eigenvalue weighted by Gasteiger charge is 2.22. The van der Waals surface area contributed by atoms with Crippen LogP contribution in [0.5, 0.6) is 0 Å². The van der Waals surface area contributed by atoms with Gasteiger partial charge >= 0.3 is 0 Å². The summed E-state index contributed by atoms with van der Waals surface area (Å²) in [6.45, 7) is 2.25. The van der Waals surface area contributed by atoms with E-state index in [-0.39, 0.29) is 0 Å². The quantitative estimate of drug-likeness (QED) is 0.861. The van der Waals surface area contributed by atoms with Crippen LogP contribution in [0, 0.1) is 0 Å². The molecule has 0 radical (unpaired) electrons. The first-order chi connectivity index (χ1) is 8.83. The summed E-state index contributed by atoms with van der Waals surface area (Å²) in [5, 5.41) is 3.74. The highest BCUT2D eigenvalue weighted by Crippen LogP contribution is 2.23. The third-order valence-corrected chi connectivity index (χ3v) is 3.84. The second-order valence-corrected chi connectivity index (χ2v) is 5.17. The summed E-state index contributed by atoms with van der Waals surface area (Å²) < 4.78 is 0. The summed E-state index contributed by atoms with van der Waals surface area (Å²) in [5.41, 5.74) is 4.39. The minimum absolute atomic E-state index is 0.422. The van der Waals surface area contributed by atoms with Crippen molar-refractivity contribution in [3.63, 3.8) is 0 Å². The second-order valence-electron chi connectivity index (χ2n) is 5.17. The zero-order chi connectivity index (χ0) is 12.4. The van der Waals surface area contributed by atoms with Crippen molar-refractivity contribution in [2.75, 3.05) is 0 Å². The number of benzene rings is 2. The normalized spacial score (nSPS) is 16.5. The molecule has 0 saturated carbocycles. The monoisotopic (exact) mass is 237 g/mol. The Balaban J connectivity index is 1.66. The Morgan fingerprint density at radius 1 is 0.889 bits per heavy atom. The summed E-state index contributed by atoms with van der Waals surface area (Å²) in [5.74, 6) is 0. The molecule has 0 fully saturated rings. The molecule has 1 atom stereocenters. The number of hydrogen-bond donors (Lipinski definition) is 1. The molecule has 18 heavy (non-hydrogen) atoms. The van der Waals surface area contributed by atoms with Gasteiger partial charge < -0.3 is 5.32 Å². The largest absolute Gasteiger partial charge is 0.307 e. The van der Waals surface area contributed by atoms with Gasteiger partial charge in [0.05, 0.1) is 0 Å². The Morgan fingerprint density at radius 2 is 1.44 bits per heavy atom. The molecule has 0 bridgehead atoms. The van der Waals surface area contributed by atoms with Gasteiger partial charge in [0.25, 0.3) is 0 Å². The predicted molar refractivity (Wildman–Crippen MR) is 75.6 cm³/mol. The van der Waals surface area contributed by atoms with Crippen molar-refractivity contribution in [1.29, 1.82) is 0 Å². The molecular formula is C17H19N. The molecular weight excluding hydrogens is 218 g/mol. The van der Waals surface area contributed by atoms with E-state index in [1.54, 1.807) is 0 Å². The minimum Gasteiger partial charge on any atom is -0.307 e. The minimum atomic E-state index is 0.422. The molecule has 92 valence electrons. The Morgan fingerprint density at radius 3 is 2.06 bits per heavy atom. The van der Waals surface area contributed by atoms with Gasteiger partial charge in [-0.3, -0.25) is 0 Å². The van der Waals surface area contributed by atoms with Crippen molar-refractivity contribution in [1.82, 2.24) is 5.32 Å². The molecule has 2 aromatic carbocycles. The maximum Gasteiger partial charge on any atom is 0.0294 e. The van der Waals surface area contributed by atoms with Crippen LogP contribution in [0.15, 0.2) is 54.6 Å². The number of hydrogen-bond acceptors (Lipinski definition) is 1. The number of nitrogens with one attached hydrogen (secondary N) is 1. The van der Waals surface area contributed by atoms with Crippen LogP contribution in [0.2, 0.25) is 0 Å². The topological polar surface area (TPSA) is 12.0 Å². The van der Waals surface area contributed by atoms with Gasteiger partial charge in [-0.05, 0) is 36.5 Å². The molecule has 1 heteroatoms. The summed E-state index contributed by atoms with van der Waals surface area (Å²) in [7, 11) is 0. The van der Waals surface area contributed by atoms with E-state index < -0.39 is 0 Å². The van der Waals surface area contributed by atoms with E-state index in [0.717, 1.165) is 12.8 Å². The van der Waals surface area contributed by atoms with Gasteiger partial charge in [-0.1, -0.05) is 54.6 Å². The average Bonchev–Trinajstić information content (AvgIpc) is 2.82. The van der Waals surface area contributed by atoms with E-state index >= 15 is 0 Å². The summed E-state index contributed by atoms with van der Waals surface area (Å²) in [6.07, 6.45) is 2.32. The van der Waals surface area contributed by atoms with Gasteiger partial charge in [0.1, 0.15) is 0 Å². The molecule has 1 aliphatic carbocycles. The SMILES string of the molecule is CC(NC1Cc2ccccc2C1)c1ccccc1. The molecule has 3 rings (SSSR count). The number of fused-ring (bicyclic) bond motifs is 1. The van der Waals surface area contributed by atoms with Crippen molar-refractivity contribution >= 4 is 0 Å². The summed E-state index contributed by atoms with van der Waals surface area (Å²) in [6, 6.07) is 20.5. The first-order valence-corrected chi connectivity index (χ1v) is 6.71. The fourth-order valence-electron chi connectivity index (χ4n) is 2.87. The van der Waals surface area contributed by atoms with Gasteiger partial charge in [0, 0.05) is 12.1 Å². The van der Waals surface area contributed by atoms with E-state index in [1.165, 1.54) is 16.7 Å². The van der Waals surface area contributed by atoms with Gasteiger partial charge in [-0.2, -0.15) is 0 Å². The molecule has 2 aromatic rings. The molecule has 0 heterocycles. The van der Waals surface area contributed by atoms with Crippen LogP contribution in [-0.2, 0) is 12.8 Å². The van der Waals surface area contributed by atoms with Crippen LogP contribution >= 0.6 is 0 Å². The predicted octanol–water partition coefficient (Wildman–Crippen LogP) is 3.50. The molecule has 0 aliphatic heterocycles. The molecule has 1 aliphatic rings. The Kier molecular flexibility index (Phi) is 3.16. The van der Waals surface area contributed by atoms with Gasteiger partial charge in [-0.15, -0.1) is 0 Å². The van der Waals surface area contributed by atoms with E-state index in [1.807, 2.05) is 0 Å². The maximum atomic E-state index is 3.74. The number of rotatable bonds is 3. The molecule has 0 spiro atoms. The van der Waals surface area contributed by atoms with E-state index in [2.05, 4.69) is 66.8 Å². The van der Waals surface area contributed by atoms with E-state index in [9.17, 15) is 0 Å². The molecule has 1 N–H and O–H groups in total. The zero-order valence-electron chi connectivity index (χ0n) is 10.8. The Hall–Kier alpha value is -1.60. The fourth-order valence-corrected chi connectivity index (χ4v) is 2.87. The van der Waals surface area contributed by atoms with Gasteiger partial charge in [0.2, 0.25) is 0 Å². The van der Waals surface area contributed by atoms with Crippen LogP contribution < -0.4 is 5.32 Å². The summed E-state index contributed by atoms with van der Waals surface area (Å²) >= 11 is 0. The molecule has 0 aromatic heterocycles. The highest BCUT2D eigenvalue weighted by molar-refractivity contribution is 5.33. The van der Waals surface area contributed by atoms with Crippen LogP contribution in [0.25, 0.3) is 0 Å². The maximum absolute atomic E-state index is 3.74. The Labute approximate surface area is 109 Å². The fraction of sp³-hybridized carbons (Fsp3) is 0.294. The van der Waals surface area contributed by atoms with Gasteiger partial charge in [-0.25, -0.2) is 0 Å². The van der Waals surface area contributed by atoms with Crippen molar-refractivity contribution in [3.05, 3.63) is 71.3 Å². The lowest BCUT2D eigenvalue weighted by Gasteiger charge is -2.19. The summed E-state index contributed by atoms with van der Waals surface area (Å²) in [4.78, 5) is 0. The molecule has 1 nitrogen and oxygen atoms in total. The van der Waals surface area contributed by atoms with E-state index in [4.69, 9.17) is 0 Å². The highest BCUT2D eigenvalue weighted by atomic mass is 14.9. The van der Waals surface area contributed by atoms with E-state index in [0.29, 0.717) is 12.1 Å². The van der Waals surface area contributed by atoms with Crippen LogP contribution in [0.3, 0.4) is 0 Å². The first-order valence-electron chi connectivity index (χ1n) is 6.71. The molecule has 0 amide bonds. The van der Waals surface area contributed by atoms with Crippen molar-refractivity contribution < 1.29 is 0 Å². The second kappa shape index (κ2) is 4.95. The van der Waals surface area contributed by atoms with Crippen LogP contribution in [0.4, 0.5) is 0 Å². The smallest absolute Gasteiger partial charge is 0.0294 e. The third-order valence-electron chi connectivity index (χ3n) is 3.84. The van der Waals surface area contributed by atoms with Crippen molar-refractivity contribution in [3.8, 4) is 0 Å². The third kappa shape index (κ3) is 2.32. The molecule has 1 unspecified atom stereocenters. The first kappa shape index (κ1) is 11.5. The standard InChI is InChI=1S/C17H19N/c1-13(14-7-3-2-4-8-14)18-17-11-15-9-5-6-10-16(15)12-17/h2-10,13,17-18H,11-12H2,1H3. The van der Waals surface area contributed by atoms with Crippen LogP contribution in [-0.4, -0.2) is 6.04 Å². The van der Waals surface area contributed by atoms with Crippen molar-refractivity contribution in [2.24, 2.45) is 0 Å². The Bertz CT molecular complexity index is 493. The van der Waals surface area contributed by atoms with Gasteiger partial charge in [0.15, 0.2) is 0 Å². The zero-order valence-corrected chi connectivity index (χ0v) is 10.8. The average molecular weight is 237 g/mol.